The molecule has 6 heteroatoms. The molecule has 0 unspecified atom stereocenters. The molecule has 0 saturated heterocycles. The van der Waals surface area contributed by atoms with E-state index in [1.807, 2.05) is 0 Å². The van der Waals surface area contributed by atoms with Crippen molar-refractivity contribution in [2.45, 2.75) is 32.5 Å². The van der Waals surface area contributed by atoms with Gasteiger partial charge in [-0.25, -0.2) is 4.79 Å². The van der Waals surface area contributed by atoms with Crippen molar-refractivity contribution in [3.05, 3.63) is 29.3 Å². The monoisotopic (exact) mass is 262 g/mol. The van der Waals surface area contributed by atoms with Gasteiger partial charge in [0.05, 0.1) is 11.1 Å². The molecule has 0 saturated carbocycles. The normalized spacial score (nSPS) is 12.3. The Hall–Kier alpha value is -1.72. The smallest absolute Gasteiger partial charge is 0.417 e. The van der Waals surface area contributed by atoms with Gasteiger partial charge in [0.15, 0.2) is 0 Å². The Morgan fingerprint density at radius 3 is 2.17 bits per heavy atom. The number of carboxylic acid groups (broad SMARTS) is 1. The summed E-state index contributed by atoms with van der Waals surface area (Å²) in [5, 5.41) is 8.80. The summed E-state index contributed by atoms with van der Waals surface area (Å²) in [6.45, 7) is 5.14. The van der Waals surface area contributed by atoms with Crippen LogP contribution in [0.1, 0.15) is 36.7 Å². The molecule has 0 atom stereocenters. The van der Waals surface area contributed by atoms with Crippen molar-refractivity contribution in [2.24, 2.45) is 0 Å². The molecule has 0 aliphatic rings. The number of alkyl halides is 3. The second-order valence-electron chi connectivity index (χ2n) is 4.72. The molecule has 0 amide bonds. The quantitative estimate of drug-likeness (QED) is 0.886. The first-order chi connectivity index (χ1) is 8.00. The number of aromatic carboxylic acids is 1. The summed E-state index contributed by atoms with van der Waals surface area (Å²) in [6.07, 6.45) is -4.70. The van der Waals surface area contributed by atoms with Gasteiger partial charge in [0.2, 0.25) is 0 Å². The van der Waals surface area contributed by atoms with Gasteiger partial charge in [-0.3, -0.25) is 0 Å². The van der Waals surface area contributed by atoms with Crippen molar-refractivity contribution >= 4 is 5.97 Å². The zero-order valence-corrected chi connectivity index (χ0v) is 10.1. The molecule has 0 radical (unpaired) electrons. The minimum absolute atomic E-state index is 0.0906. The third-order valence-corrected chi connectivity index (χ3v) is 1.95. The van der Waals surface area contributed by atoms with E-state index in [9.17, 15) is 18.0 Å². The molecule has 100 valence electrons. The van der Waals surface area contributed by atoms with Crippen molar-refractivity contribution in [2.75, 3.05) is 0 Å². The lowest BCUT2D eigenvalue weighted by molar-refractivity contribution is -0.138. The molecule has 1 aromatic carbocycles. The minimum Gasteiger partial charge on any atom is -0.488 e. The van der Waals surface area contributed by atoms with Gasteiger partial charge >= 0.3 is 12.1 Å². The molecule has 0 aliphatic heterocycles. The zero-order chi connectivity index (χ0) is 14.1. The van der Waals surface area contributed by atoms with E-state index in [2.05, 4.69) is 0 Å². The summed E-state index contributed by atoms with van der Waals surface area (Å²) in [7, 11) is 0. The molecule has 0 aromatic heterocycles. The standard InChI is InChI=1S/C12H13F3O3/c1-11(2,3)18-7-4-5-9(12(13,14)15)8(6-7)10(16)17/h4-6H,1-3H3,(H,16,17). The van der Waals surface area contributed by atoms with Gasteiger partial charge in [-0.15, -0.1) is 0 Å². The van der Waals surface area contributed by atoms with Gasteiger partial charge in [-0.1, -0.05) is 0 Å². The third-order valence-electron chi connectivity index (χ3n) is 1.95. The van der Waals surface area contributed by atoms with Gasteiger partial charge in [-0.2, -0.15) is 13.2 Å². The molecule has 0 fully saturated rings. The van der Waals surface area contributed by atoms with E-state index in [0.717, 1.165) is 12.1 Å². The molecule has 1 aromatic rings. The largest absolute Gasteiger partial charge is 0.488 e. The van der Waals surface area contributed by atoms with Crippen molar-refractivity contribution < 1.29 is 27.8 Å². The molecule has 1 rings (SSSR count). The van der Waals surface area contributed by atoms with Crippen LogP contribution in [0.25, 0.3) is 0 Å². The number of hydrogen-bond donors (Lipinski definition) is 1. The van der Waals surface area contributed by atoms with Crippen LogP contribution in [0.2, 0.25) is 0 Å². The first kappa shape index (κ1) is 14.3. The van der Waals surface area contributed by atoms with Crippen LogP contribution in [0.5, 0.6) is 5.75 Å². The third kappa shape index (κ3) is 3.65. The average molecular weight is 262 g/mol. The van der Waals surface area contributed by atoms with Gasteiger partial charge in [-0.05, 0) is 39.0 Å². The number of halogens is 3. The highest BCUT2D eigenvalue weighted by Crippen LogP contribution is 2.34. The number of benzene rings is 1. The molecule has 3 nitrogen and oxygen atoms in total. The Balaban J connectivity index is 3.24. The van der Waals surface area contributed by atoms with Crippen molar-refractivity contribution in [1.29, 1.82) is 0 Å². The fourth-order valence-electron chi connectivity index (χ4n) is 1.36. The van der Waals surface area contributed by atoms with E-state index < -0.39 is 28.9 Å². The lowest BCUT2D eigenvalue weighted by Gasteiger charge is -2.22. The Bertz CT molecular complexity index is 459. The Kier molecular flexibility index (Phi) is 3.59. The fourth-order valence-corrected chi connectivity index (χ4v) is 1.36. The van der Waals surface area contributed by atoms with E-state index in [-0.39, 0.29) is 5.75 Å². The number of carboxylic acids is 1. The van der Waals surface area contributed by atoms with Gasteiger partial charge < -0.3 is 9.84 Å². The molecular weight excluding hydrogens is 249 g/mol. The highest BCUT2D eigenvalue weighted by atomic mass is 19.4. The van der Waals surface area contributed by atoms with Crippen LogP contribution < -0.4 is 4.74 Å². The second-order valence-corrected chi connectivity index (χ2v) is 4.72. The predicted molar refractivity (Wildman–Crippen MR) is 58.8 cm³/mol. The summed E-state index contributed by atoms with van der Waals surface area (Å²) in [4.78, 5) is 10.8. The summed E-state index contributed by atoms with van der Waals surface area (Å²) in [5.41, 5.74) is -2.62. The van der Waals surface area contributed by atoms with Crippen LogP contribution in [0.15, 0.2) is 18.2 Å². The number of rotatable bonds is 2. The average Bonchev–Trinajstić information content (AvgIpc) is 2.12. The summed E-state index contributed by atoms with van der Waals surface area (Å²) in [5.74, 6) is -1.55. The summed E-state index contributed by atoms with van der Waals surface area (Å²) < 4.78 is 43.1. The molecule has 1 N–H and O–H groups in total. The van der Waals surface area contributed by atoms with Crippen LogP contribution in [0.3, 0.4) is 0 Å². The molecule has 0 bridgehead atoms. The minimum atomic E-state index is -4.70. The van der Waals surface area contributed by atoms with Crippen LogP contribution in [0.4, 0.5) is 13.2 Å². The lowest BCUT2D eigenvalue weighted by atomic mass is 10.1. The van der Waals surface area contributed by atoms with Crippen molar-refractivity contribution in [3.8, 4) is 5.75 Å². The highest BCUT2D eigenvalue weighted by Gasteiger charge is 2.35. The molecule has 0 aliphatic carbocycles. The maximum absolute atomic E-state index is 12.6. The first-order valence-electron chi connectivity index (χ1n) is 5.14. The Morgan fingerprint density at radius 1 is 1.22 bits per heavy atom. The fraction of sp³-hybridized carbons (Fsp3) is 0.417. The Morgan fingerprint density at radius 2 is 1.78 bits per heavy atom. The summed E-state index contributed by atoms with van der Waals surface area (Å²) >= 11 is 0. The second kappa shape index (κ2) is 4.51. The first-order valence-corrected chi connectivity index (χ1v) is 5.14. The molecular formula is C12H13F3O3. The SMILES string of the molecule is CC(C)(C)Oc1ccc(C(F)(F)F)c(C(=O)O)c1. The maximum Gasteiger partial charge on any atom is 0.417 e. The number of hydrogen-bond acceptors (Lipinski definition) is 2. The van der Waals surface area contributed by atoms with Crippen LogP contribution in [0, 0.1) is 0 Å². The summed E-state index contributed by atoms with van der Waals surface area (Å²) in [6, 6.07) is 2.71. The van der Waals surface area contributed by atoms with Gasteiger partial charge in [0.25, 0.3) is 0 Å². The van der Waals surface area contributed by atoms with Gasteiger partial charge in [0.1, 0.15) is 11.4 Å². The molecule has 0 spiro atoms. The van der Waals surface area contributed by atoms with Crippen LogP contribution in [-0.2, 0) is 6.18 Å². The highest BCUT2D eigenvalue weighted by molar-refractivity contribution is 5.90. The Labute approximate surface area is 102 Å². The van der Waals surface area contributed by atoms with Crippen molar-refractivity contribution in [1.82, 2.24) is 0 Å². The maximum atomic E-state index is 12.6. The van der Waals surface area contributed by atoms with E-state index in [4.69, 9.17) is 9.84 Å². The van der Waals surface area contributed by atoms with E-state index >= 15 is 0 Å². The molecule has 0 heterocycles. The van der Waals surface area contributed by atoms with Crippen molar-refractivity contribution in [3.63, 3.8) is 0 Å². The van der Waals surface area contributed by atoms with E-state index in [0.29, 0.717) is 6.07 Å². The van der Waals surface area contributed by atoms with Gasteiger partial charge in [0, 0.05) is 0 Å². The van der Waals surface area contributed by atoms with E-state index in [1.165, 1.54) is 0 Å². The van der Waals surface area contributed by atoms with E-state index in [1.54, 1.807) is 20.8 Å². The number of carbonyl (C=O) groups is 1. The number of ether oxygens (including phenoxy) is 1. The van der Waals surface area contributed by atoms with Crippen LogP contribution in [-0.4, -0.2) is 16.7 Å². The zero-order valence-electron chi connectivity index (χ0n) is 10.1. The predicted octanol–water partition coefficient (Wildman–Crippen LogP) is 3.58. The lowest BCUT2D eigenvalue weighted by Crippen LogP contribution is -2.23. The molecule has 18 heavy (non-hydrogen) atoms. The van der Waals surface area contributed by atoms with Crippen LogP contribution >= 0.6 is 0 Å². The topological polar surface area (TPSA) is 46.5 Å².